The van der Waals surface area contributed by atoms with Gasteiger partial charge in [0.25, 0.3) is 10.0 Å². The molecule has 0 aliphatic carbocycles. The minimum atomic E-state index is -3.59. The quantitative estimate of drug-likeness (QED) is 0.528. The van der Waals surface area contributed by atoms with E-state index in [-0.39, 0.29) is 11.7 Å². The van der Waals surface area contributed by atoms with Gasteiger partial charge >= 0.3 is 0 Å². The molecule has 23 heavy (non-hydrogen) atoms. The van der Waals surface area contributed by atoms with Crippen LogP contribution in [0.5, 0.6) is 0 Å². The van der Waals surface area contributed by atoms with Crippen molar-refractivity contribution in [1.82, 2.24) is 0 Å². The third-order valence-corrected chi connectivity index (χ3v) is 5.83. The van der Waals surface area contributed by atoms with Crippen LogP contribution in [0, 0.1) is 0 Å². The van der Waals surface area contributed by atoms with E-state index in [9.17, 15) is 8.42 Å². The molecule has 7 heteroatoms. The molecule has 5 nitrogen and oxygen atoms in total. The van der Waals surface area contributed by atoms with Crippen LogP contribution in [0.2, 0.25) is 0 Å². The van der Waals surface area contributed by atoms with E-state index < -0.39 is 10.0 Å². The summed E-state index contributed by atoms with van der Waals surface area (Å²) in [6, 6.07) is 13.7. The Balaban J connectivity index is 2.29. The molecule has 2 aromatic rings. The first kappa shape index (κ1) is 17.9. The number of sulfonamides is 1. The predicted octanol–water partition coefficient (Wildman–Crippen LogP) is 3.39. The van der Waals surface area contributed by atoms with E-state index in [1.54, 1.807) is 55.6 Å². The SMILES string of the molecule is COCOCc1cc(N(C)S(=O)(=O)c2ccccc2)ccc1Br. The van der Waals surface area contributed by atoms with Crippen molar-refractivity contribution in [3.8, 4) is 0 Å². The average molecular weight is 400 g/mol. The normalized spacial score (nSPS) is 11.4. The zero-order chi connectivity index (χ0) is 16.9. The van der Waals surface area contributed by atoms with Crippen LogP contribution in [0.25, 0.3) is 0 Å². The van der Waals surface area contributed by atoms with E-state index >= 15 is 0 Å². The second-order valence-electron chi connectivity index (χ2n) is 4.82. The standard InChI is InChI=1S/C16H18BrNO4S/c1-18(23(19,20)15-6-4-3-5-7-15)14-8-9-16(17)13(10-14)11-22-12-21-2/h3-10H,11-12H2,1-2H3. The molecule has 2 aromatic carbocycles. The topological polar surface area (TPSA) is 55.8 Å². The van der Waals surface area contributed by atoms with E-state index in [2.05, 4.69) is 15.9 Å². The number of hydrogen-bond donors (Lipinski definition) is 0. The summed E-state index contributed by atoms with van der Waals surface area (Å²) >= 11 is 3.44. The summed E-state index contributed by atoms with van der Waals surface area (Å²) in [6.45, 7) is 0.496. The number of halogens is 1. The number of benzene rings is 2. The van der Waals surface area contributed by atoms with Crippen LogP contribution in [-0.2, 0) is 26.1 Å². The van der Waals surface area contributed by atoms with Crippen molar-refractivity contribution in [3.63, 3.8) is 0 Å². The molecule has 0 fully saturated rings. The molecule has 0 atom stereocenters. The van der Waals surface area contributed by atoms with Gasteiger partial charge in [-0.3, -0.25) is 4.31 Å². The van der Waals surface area contributed by atoms with Crippen LogP contribution >= 0.6 is 15.9 Å². The molecule has 124 valence electrons. The number of nitrogens with zero attached hydrogens (tertiary/aromatic N) is 1. The van der Waals surface area contributed by atoms with Crippen LogP contribution < -0.4 is 4.31 Å². The highest BCUT2D eigenvalue weighted by molar-refractivity contribution is 9.10. The molecule has 2 rings (SSSR count). The second kappa shape index (κ2) is 7.92. The van der Waals surface area contributed by atoms with Gasteiger partial charge in [-0.1, -0.05) is 34.1 Å². The van der Waals surface area contributed by atoms with Crippen LogP contribution in [0.3, 0.4) is 0 Å². The Kier molecular flexibility index (Phi) is 6.17. The molecule has 0 amide bonds. The molecule has 0 heterocycles. The number of anilines is 1. The lowest BCUT2D eigenvalue weighted by atomic mass is 10.2. The maximum atomic E-state index is 12.7. The smallest absolute Gasteiger partial charge is 0.264 e. The molecule has 0 aliphatic heterocycles. The number of ether oxygens (including phenoxy) is 2. The summed E-state index contributed by atoms with van der Waals surface area (Å²) in [4.78, 5) is 0.252. The largest absolute Gasteiger partial charge is 0.359 e. The van der Waals surface area contributed by atoms with Crippen molar-refractivity contribution in [2.45, 2.75) is 11.5 Å². The Morgan fingerprint density at radius 2 is 1.83 bits per heavy atom. The van der Waals surface area contributed by atoms with Gasteiger partial charge in [0.15, 0.2) is 0 Å². The van der Waals surface area contributed by atoms with Gasteiger partial charge in [-0.15, -0.1) is 0 Å². The lowest BCUT2D eigenvalue weighted by molar-refractivity contribution is -0.0392. The lowest BCUT2D eigenvalue weighted by Crippen LogP contribution is -2.26. The summed E-state index contributed by atoms with van der Waals surface area (Å²) in [5.41, 5.74) is 1.41. The van der Waals surface area contributed by atoms with Crippen molar-refractivity contribution in [3.05, 3.63) is 58.6 Å². The molecule has 0 radical (unpaired) electrons. The van der Waals surface area contributed by atoms with Crippen LogP contribution in [0.15, 0.2) is 57.9 Å². The number of rotatable bonds is 7. The van der Waals surface area contributed by atoms with Crippen molar-refractivity contribution in [2.24, 2.45) is 0 Å². The Morgan fingerprint density at radius 1 is 1.13 bits per heavy atom. The summed E-state index contributed by atoms with van der Waals surface area (Å²) in [5, 5.41) is 0. The Morgan fingerprint density at radius 3 is 2.48 bits per heavy atom. The van der Waals surface area contributed by atoms with Gasteiger partial charge in [-0.05, 0) is 35.9 Å². The molecule has 0 saturated carbocycles. The third kappa shape index (κ3) is 4.32. The first-order valence-electron chi connectivity index (χ1n) is 6.86. The Labute approximate surface area is 145 Å². The highest BCUT2D eigenvalue weighted by Gasteiger charge is 2.21. The molecule has 0 saturated heterocycles. The molecule has 0 spiro atoms. The van der Waals surface area contributed by atoms with E-state index in [0.29, 0.717) is 12.3 Å². The second-order valence-corrected chi connectivity index (χ2v) is 7.64. The maximum absolute atomic E-state index is 12.7. The molecule has 0 N–H and O–H groups in total. The van der Waals surface area contributed by atoms with Crippen molar-refractivity contribution in [1.29, 1.82) is 0 Å². The highest BCUT2D eigenvalue weighted by atomic mass is 79.9. The zero-order valence-corrected chi connectivity index (χ0v) is 15.3. The van der Waals surface area contributed by atoms with Crippen LogP contribution in [0.1, 0.15) is 5.56 Å². The molecule has 0 aliphatic rings. The fourth-order valence-electron chi connectivity index (χ4n) is 1.99. The number of hydrogen-bond acceptors (Lipinski definition) is 4. The van der Waals surface area contributed by atoms with Crippen molar-refractivity contribution in [2.75, 3.05) is 25.3 Å². The van der Waals surface area contributed by atoms with Gasteiger partial charge in [-0.25, -0.2) is 8.42 Å². The van der Waals surface area contributed by atoms with E-state index in [1.807, 2.05) is 0 Å². The third-order valence-electron chi connectivity index (χ3n) is 3.25. The molecular formula is C16H18BrNO4S. The molecule has 0 unspecified atom stereocenters. The average Bonchev–Trinajstić information content (AvgIpc) is 2.57. The minimum Gasteiger partial charge on any atom is -0.359 e. The first-order valence-corrected chi connectivity index (χ1v) is 9.09. The Hall–Kier alpha value is -1.41. The van der Waals surface area contributed by atoms with E-state index in [1.165, 1.54) is 11.4 Å². The van der Waals surface area contributed by atoms with Gasteiger partial charge in [0.05, 0.1) is 17.2 Å². The number of methoxy groups -OCH3 is 1. The summed E-state index contributed by atoms with van der Waals surface area (Å²) in [7, 11) is -0.514. The minimum absolute atomic E-state index is 0.175. The predicted molar refractivity (Wildman–Crippen MR) is 92.8 cm³/mol. The summed E-state index contributed by atoms with van der Waals surface area (Å²) in [6.07, 6.45) is 0. The fourth-order valence-corrected chi connectivity index (χ4v) is 3.56. The van der Waals surface area contributed by atoms with E-state index in [4.69, 9.17) is 9.47 Å². The Bertz CT molecular complexity index is 750. The first-order chi connectivity index (χ1) is 11.0. The van der Waals surface area contributed by atoms with Gasteiger partial charge in [0.2, 0.25) is 0 Å². The van der Waals surface area contributed by atoms with Gasteiger partial charge in [0, 0.05) is 18.6 Å². The van der Waals surface area contributed by atoms with E-state index in [0.717, 1.165) is 10.0 Å². The van der Waals surface area contributed by atoms with Crippen LogP contribution in [0.4, 0.5) is 5.69 Å². The highest BCUT2D eigenvalue weighted by Crippen LogP contribution is 2.27. The van der Waals surface area contributed by atoms with Crippen LogP contribution in [-0.4, -0.2) is 29.4 Å². The zero-order valence-electron chi connectivity index (χ0n) is 12.9. The fraction of sp³-hybridized carbons (Fsp3) is 0.250. The summed E-state index contributed by atoms with van der Waals surface area (Å²) in [5.74, 6) is 0. The van der Waals surface area contributed by atoms with Crippen molar-refractivity contribution < 1.29 is 17.9 Å². The van der Waals surface area contributed by atoms with Gasteiger partial charge < -0.3 is 9.47 Å². The van der Waals surface area contributed by atoms with Crippen molar-refractivity contribution >= 4 is 31.6 Å². The van der Waals surface area contributed by atoms with Gasteiger partial charge in [0.1, 0.15) is 6.79 Å². The molecule has 0 bridgehead atoms. The van der Waals surface area contributed by atoms with Gasteiger partial charge in [-0.2, -0.15) is 0 Å². The monoisotopic (exact) mass is 399 g/mol. The summed E-state index contributed by atoms with van der Waals surface area (Å²) < 4.78 is 37.6. The lowest BCUT2D eigenvalue weighted by Gasteiger charge is -2.20. The molecule has 0 aromatic heterocycles. The molecular weight excluding hydrogens is 382 g/mol. The maximum Gasteiger partial charge on any atom is 0.264 e.